The Kier molecular flexibility index (Phi) is 3.92. The summed E-state index contributed by atoms with van der Waals surface area (Å²) in [5.41, 5.74) is 1.18. The largest absolute Gasteiger partial charge is 1.00 e. The number of benzene rings is 2. The predicted octanol–water partition coefficient (Wildman–Crippen LogP) is 0.838. The van der Waals surface area contributed by atoms with Crippen LogP contribution in [0.5, 0.6) is 0 Å². The molecule has 1 aliphatic rings. The van der Waals surface area contributed by atoms with E-state index in [0.717, 1.165) is 11.8 Å². The Balaban J connectivity index is 0.000000963. The Morgan fingerprint density at radius 2 is 1.88 bits per heavy atom. The summed E-state index contributed by atoms with van der Waals surface area (Å²) >= 11 is 1.50. The average Bonchev–Trinajstić information content (AvgIpc) is 2.82. The Labute approximate surface area is 121 Å². The van der Waals surface area contributed by atoms with Crippen LogP contribution in [-0.4, -0.2) is 5.75 Å². The number of nitrogens with zero attached hydrogens (tertiary/aromatic N) is 2. The van der Waals surface area contributed by atoms with Crippen molar-refractivity contribution in [3.63, 3.8) is 0 Å². The van der Waals surface area contributed by atoms with E-state index in [9.17, 15) is 0 Å². The number of fused-ring (bicyclic) bond motifs is 1. The van der Waals surface area contributed by atoms with Gasteiger partial charge in [-0.25, -0.2) is 5.11 Å². The molecule has 0 amide bonds. The van der Waals surface area contributed by atoms with Crippen molar-refractivity contribution in [1.82, 2.24) is 0 Å². The molecule has 0 bridgehead atoms. The Morgan fingerprint density at radius 1 is 1.06 bits per heavy atom. The number of hydrogen-bond donors (Lipinski definition) is 0. The third-order valence-electron chi connectivity index (χ3n) is 2.50. The summed E-state index contributed by atoms with van der Waals surface area (Å²) in [6.45, 7) is 0. The zero-order valence-corrected chi connectivity index (χ0v) is 11.9. The quantitative estimate of drug-likeness (QED) is 0.409. The maximum Gasteiger partial charge on any atom is 1.00 e. The minimum atomic E-state index is 0. The Bertz CT molecular complexity index is 527. The van der Waals surface area contributed by atoms with Gasteiger partial charge in [0.15, 0.2) is 0 Å². The molecular weight excluding hydrogens is 227 g/mol. The van der Waals surface area contributed by atoms with Gasteiger partial charge in [-0.2, -0.15) is 17.7 Å². The second-order valence-corrected chi connectivity index (χ2v) is 4.17. The van der Waals surface area contributed by atoms with Crippen molar-refractivity contribution >= 4 is 22.7 Å². The van der Waals surface area contributed by atoms with Crippen LogP contribution in [0.15, 0.2) is 52.1 Å². The van der Waals surface area contributed by atoms with Crippen LogP contribution in [0.25, 0.3) is 10.8 Å². The fourth-order valence-electron chi connectivity index (χ4n) is 1.71. The molecule has 2 aromatic rings. The molecule has 74 valence electrons. The van der Waals surface area contributed by atoms with Gasteiger partial charge < -0.3 is 0 Å². The van der Waals surface area contributed by atoms with E-state index >= 15 is 0 Å². The zero-order chi connectivity index (χ0) is 10.1. The van der Waals surface area contributed by atoms with Crippen LogP contribution in [0.4, 0.5) is 0 Å². The molecule has 0 fully saturated rings. The first-order chi connectivity index (χ1) is 7.43. The zero-order valence-electron chi connectivity index (χ0n) is 9.05. The first-order valence-electron chi connectivity index (χ1n) is 4.81. The van der Waals surface area contributed by atoms with Crippen LogP contribution in [0.1, 0.15) is 5.56 Å². The van der Waals surface area contributed by atoms with Crippen LogP contribution in [-0.2, 0) is 0 Å². The average molecular weight is 236 g/mol. The van der Waals surface area contributed by atoms with Gasteiger partial charge in [0.2, 0.25) is 0 Å². The molecule has 0 unspecified atom stereocenters. The third-order valence-corrected chi connectivity index (χ3v) is 3.10. The van der Waals surface area contributed by atoms with E-state index in [1.165, 1.54) is 28.3 Å². The first-order valence-corrected chi connectivity index (χ1v) is 5.76. The summed E-state index contributed by atoms with van der Waals surface area (Å²) in [5, 5.41) is 6.64. The van der Waals surface area contributed by atoms with Gasteiger partial charge in [0.1, 0.15) is 0 Å². The predicted molar refractivity (Wildman–Crippen MR) is 63.6 cm³/mol. The van der Waals surface area contributed by atoms with E-state index in [1.54, 1.807) is 0 Å². The van der Waals surface area contributed by atoms with Crippen molar-refractivity contribution in [2.45, 2.75) is 0 Å². The van der Waals surface area contributed by atoms with Crippen molar-refractivity contribution < 1.29 is 29.6 Å². The number of rotatable bonds is 1. The van der Waals surface area contributed by atoms with Crippen molar-refractivity contribution in [2.75, 3.05) is 5.75 Å². The van der Waals surface area contributed by atoms with Crippen LogP contribution in [0, 0.1) is 6.04 Å². The molecule has 3 rings (SSSR count). The Hall–Kier alpha value is -0.480. The molecule has 0 radical (unpaired) electrons. The fourth-order valence-corrected chi connectivity index (χ4v) is 2.27. The van der Waals surface area contributed by atoms with Gasteiger partial charge in [-0.05, 0) is 23.4 Å². The molecule has 0 N–H and O–H groups in total. The van der Waals surface area contributed by atoms with Crippen molar-refractivity contribution in [2.24, 2.45) is 9.63 Å². The Morgan fingerprint density at radius 3 is 2.62 bits per heavy atom. The summed E-state index contributed by atoms with van der Waals surface area (Å²) in [6, 6.07) is 15.9. The maximum absolute atomic E-state index is 4.12. The number of hydrogen-bond acceptors (Lipinski definition) is 3. The van der Waals surface area contributed by atoms with Gasteiger partial charge in [0.05, 0.1) is 0 Å². The molecule has 2 nitrogen and oxygen atoms in total. The van der Waals surface area contributed by atoms with E-state index in [-0.39, 0.29) is 29.6 Å². The molecule has 1 heterocycles. The monoisotopic (exact) mass is 236 g/mol. The van der Waals surface area contributed by atoms with E-state index in [0.29, 0.717) is 0 Å². The second-order valence-electron chi connectivity index (χ2n) is 3.46. The summed E-state index contributed by atoms with van der Waals surface area (Å²) < 4.78 is 3.93. The van der Waals surface area contributed by atoms with Gasteiger partial charge >= 0.3 is 29.6 Å². The molecule has 0 saturated carbocycles. The summed E-state index contributed by atoms with van der Waals surface area (Å²) in [4.78, 5) is 0. The molecule has 1 aliphatic heterocycles. The van der Waals surface area contributed by atoms with Crippen molar-refractivity contribution in [3.8, 4) is 0 Å². The fraction of sp³-hybridized carbons (Fsp3) is 0.0833. The van der Waals surface area contributed by atoms with Crippen molar-refractivity contribution in [1.29, 1.82) is 0 Å². The van der Waals surface area contributed by atoms with Crippen LogP contribution in [0.3, 0.4) is 0 Å². The van der Waals surface area contributed by atoms with Gasteiger partial charge in [-0.3, -0.25) is 0 Å². The SMILES string of the molecule is [Na+].c1ccc2cc([C-]3CSN=N3)ccc2c1. The summed E-state index contributed by atoms with van der Waals surface area (Å²) in [5.74, 6) is 0.887. The standard InChI is InChI=1S/C12H9N2S.Na/c1-2-4-10-7-11(6-5-9(10)3-1)12-8-15-14-13-12;/h1-7H,8H2;/q-1;+1. The smallest absolute Gasteiger partial charge is 0.214 e. The molecule has 4 heteroatoms. The van der Waals surface area contributed by atoms with E-state index in [1.807, 2.05) is 0 Å². The minimum Gasteiger partial charge on any atom is -0.214 e. The molecule has 0 spiro atoms. The van der Waals surface area contributed by atoms with Gasteiger partial charge in [0.25, 0.3) is 0 Å². The molecule has 0 saturated heterocycles. The molecule has 0 aliphatic carbocycles. The molecule has 16 heavy (non-hydrogen) atoms. The molecular formula is C12H9N2NaS. The second kappa shape index (κ2) is 5.23. The normalized spacial score (nSPS) is 14.1. The minimum absolute atomic E-state index is 0. The van der Waals surface area contributed by atoms with Crippen LogP contribution >= 0.6 is 11.9 Å². The van der Waals surface area contributed by atoms with Gasteiger partial charge in [-0.1, -0.05) is 29.7 Å². The summed E-state index contributed by atoms with van der Waals surface area (Å²) in [7, 11) is 0. The van der Waals surface area contributed by atoms with Crippen molar-refractivity contribution in [3.05, 3.63) is 54.1 Å². The van der Waals surface area contributed by atoms with E-state index in [2.05, 4.69) is 52.1 Å². The third kappa shape index (κ3) is 2.28. The first kappa shape index (κ1) is 12.0. The van der Waals surface area contributed by atoms with Gasteiger partial charge in [0, 0.05) is 5.75 Å². The van der Waals surface area contributed by atoms with Gasteiger partial charge in [-0.15, -0.1) is 10.6 Å². The van der Waals surface area contributed by atoms with Crippen LogP contribution < -0.4 is 29.6 Å². The molecule has 0 aromatic heterocycles. The summed E-state index contributed by atoms with van der Waals surface area (Å²) in [6.07, 6.45) is 0. The topological polar surface area (TPSA) is 24.7 Å². The molecule has 0 atom stereocenters. The molecule has 2 aromatic carbocycles. The van der Waals surface area contributed by atoms with Crippen LogP contribution in [0.2, 0.25) is 0 Å². The van der Waals surface area contributed by atoms with E-state index < -0.39 is 0 Å². The van der Waals surface area contributed by atoms with E-state index in [4.69, 9.17) is 0 Å². The maximum atomic E-state index is 4.12.